The summed E-state index contributed by atoms with van der Waals surface area (Å²) in [6, 6.07) is 14.5. The van der Waals surface area contributed by atoms with Crippen LogP contribution in [0.15, 0.2) is 48.5 Å². The van der Waals surface area contributed by atoms with Crippen LogP contribution in [-0.4, -0.2) is 41.2 Å². The van der Waals surface area contributed by atoms with Crippen molar-refractivity contribution in [3.05, 3.63) is 70.2 Å². The molecule has 1 aliphatic rings. The van der Waals surface area contributed by atoms with E-state index < -0.39 is 6.04 Å². The van der Waals surface area contributed by atoms with E-state index in [1.807, 2.05) is 62.4 Å². The van der Waals surface area contributed by atoms with Gasteiger partial charge in [-0.25, -0.2) is 0 Å². The van der Waals surface area contributed by atoms with Crippen molar-refractivity contribution in [2.45, 2.75) is 26.3 Å². The highest BCUT2D eigenvalue weighted by Gasteiger charge is 2.41. The van der Waals surface area contributed by atoms with Gasteiger partial charge in [-0.1, -0.05) is 41.9 Å². The molecule has 136 valence electrons. The van der Waals surface area contributed by atoms with Crippen LogP contribution in [0.1, 0.15) is 41.4 Å². The Kier molecular flexibility index (Phi) is 5.62. The van der Waals surface area contributed by atoms with Gasteiger partial charge in [0.25, 0.3) is 5.91 Å². The van der Waals surface area contributed by atoms with Gasteiger partial charge in [-0.15, -0.1) is 0 Å². The first-order valence-corrected chi connectivity index (χ1v) is 9.37. The van der Waals surface area contributed by atoms with Gasteiger partial charge in [-0.05, 0) is 49.6 Å². The minimum Gasteiger partial charge on any atom is -0.341 e. The van der Waals surface area contributed by atoms with E-state index in [1.165, 1.54) is 0 Å². The Labute approximate surface area is 159 Å². The average molecular weight is 371 g/mol. The molecule has 0 spiro atoms. The topological polar surface area (TPSA) is 40.6 Å². The zero-order valence-electron chi connectivity index (χ0n) is 15.1. The Morgan fingerprint density at radius 3 is 2.38 bits per heavy atom. The molecule has 26 heavy (non-hydrogen) atoms. The summed E-state index contributed by atoms with van der Waals surface area (Å²) in [7, 11) is 0. The summed E-state index contributed by atoms with van der Waals surface area (Å²) in [5.74, 6) is -0.0792. The second-order valence-electron chi connectivity index (χ2n) is 6.38. The summed E-state index contributed by atoms with van der Waals surface area (Å²) >= 11 is 5.94. The van der Waals surface area contributed by atoms with Crippen molar-refractivity contribution < 1.29 is 9.59 Å². The average Bonchev–Trinajstić information content (AvgIpc) is 2.94. The molecule has 0 aromatic heterocycles. The van der Waals surface area contributed by atoms with E-state index in [2.05, 4.69) is 0 Å². The second kappa shape index (κ2) is 7.92. The number of fused-ring (bicyclic) bond motifs is 1. The Morgan fingerprint density at radius 2 is 1.73 bits per heavy atom. The summed E-state index contributed by atoms with van der Waals surface area (Å²) in [5.41, 5.74) is 2.53. The Bertz CT molecular complexity index is 800. The number of hydrogen-bond donors (Lipinski definition) is 0. The minimum absolute atomic E-state index is 0.00981. The number of carbonyl (C=O) groups excluding carboxylic acids is 2. The fraction of sp³-hybridized carbons (Fsp3) is 0.333. The predicted octanol–water partition coefficient (Wildman–Crippen LogP) is 3.95. The first-order chi connectivity index (χ1) is 12.6. The van der Waals surface area contributed by atoms with Crippen LogP contribution in [0.5, 0.6) is 0 Å². The van der Waals surface area contributed by atoms with Gasteiger partial charge >= 0.3 is 0 Å². The largest absolute Gasteiger partial charge is 0.341 e. The molecule has 1 heterocycles. The van der Waals surface area contributed by atoms with E-state index >= 15 is 0 Å². The number of hydrogen-bond acceptors (Lipinski definition) is 2. The smallest absolute Gasteiger partial charge is 0.255 e. The number of carbonyl (C=O) groups is 2. The van der Waals surface area contributed by atoms with Crippen molar-refractivity contribution >= 4 is 23.4 Å². The van der Waals surface area contributed by atoms with Gasteiger partial charge in [0.15, 0.2) is 0 Å². The fourth-order valence-electron chi connectivity index (χ4n) is 3.48. The molecular formula is C21H23ClN2O2. The Morgan fingerprint density at radius 1 is 1.08 bits per heavy atom. The van der Waals surface area contributed by atoms with E-state index in [0.717, 1.165) is 11.1 Å². The van der Waals surface area contributed by atoms with Gasteiger partial charge in [0.05, 0.1) is 0 Å². The monoisotopic (exact) mass is 370 g/mol. The molecule has 3 rings (SSSR count). The Balaban J connectivity index is 1.87. The van der Waals surface area contributed by atoms with Crippen molar-refractivity contribution in [3.63, 3.8) is 0 Å². The highest BCUT2D eigenvalue weighted by Crippen LogP contribution is 2.35. The SMILES string of the molecule is CCN(CC)C(=O)C1c2ccccc2C(=O)N1CCc1ccc(Cl)cc1. The van der Waals surface area contributed by atoms with Crippen molar-refractivity contribution in [1.29, 1.82) is 0 Å². The van der Waals surface area contributed by atoms with E-state index in [1.54, 1.807) is 9.80 Å². The lowest BCUT2D eigenvalue weighted by atomic mass is 10.0. The summed E-state index contributed by atoms with van der Waals surface area (Å²) in [5, 5.41) is 0.688. The maximum Gasteiger partial charge on any atom is 0.255 e. The van der Waals surface area contributed by atoms with Crippen molar-refractivity contribution in [2.75, 3.05) is 19.6 Å². The van der Waals surface area contributed by atoms with E-state index in [0.29, 0.717) is 36.6 Å². The normalized spacial score (nSPS) is 15.9. The quantitative estimate of drug-likeness (QED) is 0.772. The number of benzene rings is 2. The van der Waals surface area contributed by atoms with Crippen LogP contribution < -0.4 is 0 Å². The molecule has 4 nitrogen and oxygen atoms in total. The fourth-order valence-corrected chi connectivity index (χ4v) is 3.60. The summed E-state index contributed by atoms with van der Waals surface area (Å²) in [6.45, 7) is 5.68. The molecule has 0 N–H and O–H groups in total. The zero-order valence-corrected chi connectivity index (χ0v) is 15.9. The number of likely N-dealkylation sites (N-methyl/N-ethyl adjacent to an activating group) is 1. The molecule has 2 aromatic rings. The molecule has 1 aliphatic heterocycles. The van der Waals surface area contributed by atoms with Gasteiger partial charge in [-0.3, -0.25) is 9.59 Å². The van der Waals surface area contributed by atoms with E-state index in [4.69, 9.17) is 11.6 Å². The summed E-state index contributed by atoms with van der Waals surface area (Å²) in [6.07, 6.45) is 0.679. The summed E-state index contributed by atoms with van der Waals surface area (Å²) in [4.78, 5) is 29.5. The molecular weight excluding hydrogens is 348 g/mol. The third kappa shape index (κ3) is 3.47. The van der Waals surface area contributed by atoms with Crippen LogP contribution in [0.25, 0.3) is 0 Å². The van der Waals surface area contributed by atoms with Crippen molar-refractivity contribution in [1.82, 2.24) is 9.80 Å². The summed E-state index contributed by atoms with van der Waals surface area (Å²) < 4.78 is 0. The molecule has 0 radical (unpaired) electrons. The molecule has 0 aliphatic carbocycles. The van der Waals surface area contributed by atoms with Crippen molar-refractivity contribution in [3.8, 4) is 0 Å². The van der Waals surface area contributed by atoms with Crippen LogP contribution in [0.2, 0.25) is 5.02 Å². The zero-order chi connectivity index (χ0) is 18.7. The number of halogens is 1. The molecule has 0 fully saturated rings. The first kappa shape index (κ1) is 18.5. The van der Waals surface area contributed by atoms with Crippen LogP contribution >= 0.6 is 11.6 Å². The third-order valence-electron chi connectivity index (χ3n) is 4.92. The molecule has 5 heteroatoms. The van der Waals surface area contributed by atoms with Crippen molar-refractivity contribution in [2.24, 2.45) is 0 Å². The van der Waals surface area contributed by atoms with Crippen LogP contribution in [0.4, 0.5) is 0 Å². The maximum atomic E-state index is 13.1. The molecule has 0 saturated carbocycles. The lowest BCUT2D eigenvalue weighted by molar-refractivity contribution is -0.135. The van der Waals surface area contributed by atoms with E-state index in [9.17, 15) is 9.59 Å². The third-order valence-corrected chi connectivity index (χ3v) is 5.17. The standard InChI is InChI=1S/C21H23ClN2O2/c1-3-23(4-2)21(26)19-17-7-5-6-8-18(17)20(25)24(19)14-13-15-9-11-16(22)12-10-15/h5-12,19H,3-4,13-14H2,1-2H3. The lowest BCUT2D eigenvalue weighted by Crippen LogP contribution is -2.42. The Hall–Kier alpha value is -2.33. The van der Waals surface area contributed by atoms with Gasteiger partial charge in [-0.2, -0.15) is 0 Å². The van der Waals surface area contributed by atoms with Gasteiger partial charge in [0.2, 0.25) is 5.91 Å². The number of amides is 2. The molecule has 0 saturated heterocycles. The first-order valence-electron chi connectivity index (χ1n) is 9.00. The lowest BCUT2D eigenvalue weighted by Gasteiger charge is -2.29. The number of rotatable bonds is 6. The van der Waals surface area contributed by atoms with Gasteiger partial charge < -0.3 is 9.80 Å². The molecule has 2 aromatic carbocycles. The predicted molar refractivity (Wildman–Crippen MR) is 103 cm³/mol. The highest BCUT2D eigenvalue weighted by atomic mass is 35.5. The number of nitrogens with zero attached hydrogens (tertiary/aromatic N) is 2. The second-order valence-corrected chi connectivity index (χ2v) is 6.81. The molecule has 1 unspecified atom stereocenters. The highest BCUT2D eigenvalue weighted by molar-refractivity contribution is 6.30. The van der Waals surface area contributed by atoms with Crippen LogP contribution in [0.3, 0.4) is 0 Å². The van der Waals surface area contributed by atoms with Gasteiger partial charge in [0, 0.05) is 30.2 Å². The minimum atomic E-state index is -0.536. The molecule has 2 amide bonds. The van der Waals surface area contributed by atoms with Crippen LogP contribution in [-0.2, 0) is 11.2 Å². The van der Waals surface area contributed by atoms with E-state index in [-0.39, 0.29) is 11.8 Å². The van der Waals surface area contributed by atoms with Crippen LogP contribution in [0, 0.1) is 0 Å². The molecule has 0 bridgehead atoms. The maximum absolute atomic E-state index is 13.1. The molecule has 1 atom stereocenters. The van der Waals surface area contributed by atoms with Gasteiger partial charge in [0.1, 0.15) is 6.04 Å².